The monoisotopic (exact) mass is 436 g/mol. The smallest absolute Gasteiger partial charge is 0.243 e. The highest BCUT2D eigenvalue weighted by Crippen LogP contribution is 2.32. The number of aromatic nitrogens is 2. The number of piperidine rings is 1. The van der Waals surface area contributed by atoms with Gasteiger partial charge in [-0.25, -0.2) is 13.4 Å². The van der Waals surface area contributed by atoms with Gasteiger partial charge in [-0.05, 0) is 31.4 Å². The minimum absolute atomic E-state index is 0.104. The van der Waals surface area contributed by atoms with Gasteiger partial charge >= 0.3 is 0 Å². The third-order valence-electron chi connectivity index (χ3n) is 5.20. The lowest BCUT2D eigenvalue weighted by Gasteiger charge is -2.31. The first-order valence-electron chi connectivity index (χ1n) is 9.91. The highest BCUT2D eigenvalue weighted by molar-refractivity contribution is 7.89. The Morgan fingerprint density at radius 3 is 2.77 bits per heavy atom. The van der Waals surface area contributed by atoms with Crippen molar-refractivity contribution in [2.24, 2.45) is 5.92 Å². The molecule has 0 radical (unpaired) electrons. The van der Waals surface area contributed by atoms with Crippen LogP contribution in [0.25, 0.3) is 0 Å². The van der Waals surface area contributed by atoms with Crippen molar-refractivity contribution >= 4 is 15.9 Å². The molecule has 2 heterocycles. The summed E-state index contributed by atoms with van der Waals surface area (Å²) in [6.07, 6.45) is 7.42. The van der Waals surface area contributed by atoms with Gasteiger partial charge in [-0.15, -0.1) is 0 Å². The lowest BCUT2D eigenvalue weighted by atomic mass is 9.99. The number of amides is 1. The Bertz CT molecular complexity index is 946. The fourth-order valence-corrected chi connectivity index (χ4v) is 5.08. The van der Waals surface area contributed by atoms with Crippen molar-refractivity contribution in [3.63, 3.8) is 0 Å². The van der Waals surface area contributed by atoms with E-state index in [4.69, 9.17) is 9.47 Å². The van der Waals surface area contributed by atoms with E-state index in [1.54, 1.807) is 18.6 Å². The van der Waals surface area contributed by atoms with E-state index in [0.29, 0.717) is 37.4 Å². The largest absolute Gasteiger partial charge is 0.493 e. The van der Waals surface area contributed by atoms with Gasteiger partial charge in [0.05, 0.1) is 31.4 Å². The minimum atomic E-state index is -3.73. The number of aryl methyl sites for hydroxylation is 1. The number of hydrogen-bond acceptors (Lipinski definition) is 6. The van der Waals surface area contributed by atoms with E-state index in [-0.39, 0.29) is 23.3 Å². The average Bonchev–Trinajstić information content (AvgIpc) is 3.29. The molecule has 0 spiro atoms. The van der Waals surface area contributed by atoms with Crippen molar-refractivity contribution in [2.75, 3.05) is 33.9 Å². The van der Waals surface area contributed by atoms with Crippen LogP contribution < -0.4 is 14.8 Å². The summed E-state index contributed by atoms with van der Waals surface area (Å²) in [5, 5.41) is 2.93. The molecule has 164 valence electrons. The van der Waals surface area contributed by atoms with Crippen LogP contribution in [0.3, 0.4) is 0 Å². The molecule has 1 aliphatic heterocycles. The van der Waals surface area contributed by atoms with E-state index in [1.165, 1.54) is 30.7 Å². The summed E-state index contributed by atoms with van der Waals surface area (Å²) >= 11 is 0. The fraction of sp³-hybridized carbons (Fsp3) is 0.500. The summed E-state index contributed by atoms with van der Waals surface area (Å²) < 4.78 is 39.9. The molecule has 0 unspecified atom stereocenters. The maximum atomic E-state index is 13.1. The minimum Gasteiger partial charge on any atom is -0.493 e. The van der Waals surface area contributed by atoms with Gasteiger partial charge in [0.15, 0.2) is 11.5 Å². The highest BCUT2D eigenvalue weighted by Gasteiger charge is 2.33. The lowest BCUT2D eigenvalue weighted by molar-refractivity contribution is -0.126. The number of hydrogen-bond donors (Lipinski definition) is 1. The summed E-state index contributed by atoms with van der Waals surface area (Å²) in [6.45, 7) is 1.87. The molecule has 1 amide bonds. The SMILES string of the molecule is COc1ccc(S(=O)(=O)N2CCC[C@@H](C(=O)NCCCn3ccnc3)C2)cc1OC. The molecule has 3 rings (SSSR count). The molecule has 1 N–H and O–H groups in total. The Kier molecular flexibility index (Phi) is 7.33. The predicted octanol–water partition coefficient (Wildman–Crippen LogP) is 1.51. The van der Waals surface area contributed by atoms with Crippen LogP contribution in [0.2, 0.25) is 0 Å². The molecule has 1 atom stereocenters. The third kappa shape index (κ3) is 5.11. The van der Waals surface area contributed by atoms with Gasteiger partial charge in [-0.3, -0.25) is 4.79 Å². The number of carbonyl (C=O) groups is 1. The summed E-state index contributed by atoms with van der Waals surface area (Å²) in [5.41, 5.74) is 0. The van der Waals surface area contributed by atoms with E-state index in [1.807, 2.05) is 10.8 Å². The Morgan fingerprint density at radius 2 is 2.07 bits per heavy atom. The first kappa shape index (κ1) is 22.1. The van der Waals surface area contributed by atoms with E-state index in [0.717, 1.165) is 13.0 Å². The molecule has 10 heteroatoms. The molecule has 9 nitrogen and oxygen atoms in total. The molecule has 0 bridgehead atoms. The third-order valence-corrected chi connectivity index (χ3v) is 7.06. The van der Waals surface area contributed by atoms with Crippen LogP contribution in [0.15, 0.2) is 41.8 Å². The number of benzene rings is 1. The van der Waals surface area contributed by atoms with Gasteiger partial charge in [-0.1, -0.05) is 0 Å². The van der Waals surface area contributed by atoms with Crippen LogP contribution in [0.1, 0.15) is 19.3 Å². The number of nitrogens with zero attached hydrogens (tertiary/aromatic N) is 3. The number of nitrogens with one attached hydrogen (secondary N) is 1. The standard InChI is InChI=1S/C20H28N4O5S/c1-28-18-7-6-17(13-19(18)29-2)30(26,27)24-11-3-5-16(14-24)20(25)22-8-4-10-23-12-9-21-15-23/h6-7,9,12-13,15-16H,3-5,8,10-11,14H2,1-2H3,(H,22,25)/t16-/m1/s1. The number of rotatable bonds is 9. The first-order chi connectivity index (χ1) is 14.5. The second-order valence-electron chi connectivity index (χ2n) is 7.16. The normalized spacial score (nSPS) is 17.5. The van der Waals surface area contributed by atoms with E-state index in [9.17, 15) is 13.2 Å². The second-order valence-corrected chi connectivity index (χ2v) is 9.10. The molecular weight excluding hydrogens is 408 g/mol. The Morgan fingerprint density at radius 1 is 1.27 bits per heavy atom. The van der Waals surface area contributed by atoms with Gasteiger partial charge in [0.1, 0.15) is 0 Å². The van der Waals surface area contributed by atoms with Crippen LogP contribution in [-0.2, 0) is 21.4 Å². The van der Waals surface area contributed by atoms with Gasteiger partial charge < -0.3 is 19.4 Å². The van der Waals surface area contributed by atoms with Gasteiger partial charge in [0, 0.05) is 44.6 Å². The first-order valence-corrected chi connectivity index (χ1v) is 11.4. The average molecular weight is 437 g/mol. The van der Waals surface area contributed by atoms with Crippen molar-refractivity contribution < 1.29 is 22.7 Å². The molecule has 30 heavy (non-hydrogen) atoms. The van der Waals surface area contributed by atoms with Crippen LogP contribution in [0, 0.1) is 5.92 Å². The van der Waals surface area contributed by atoms with Crippen molar-refractivity contribution in [2.45, 2.75) is 30.7 Å². The molecule has 2 aromatic rings. The topological polar surface area (TPSA) is 103 Å². The Balaban J connectivity index is 1.59. The molecule has 1 saturated heterocycles. The van der Waals surface area contributed by atoms with Crippen molar-refractivity contribution in [3.05, 3.63) is 36.9 Å². The zero-order chi connectivity index (χ0) is 21.6. The van der Waals surface area contributed by atoms with Crippen molar-refractivity contribution in [3.8, 4) is 11.5 Å². The molecular formula is C20H28N4O5S. The number of carbonyl (C=O) groups excluding carboxylic acids is 1. The van der Waals surface area contributed by atoms with Gasteiger partial charge in [0.2, 0.25) is 15.9 Å². The molecule has 1 aromatic carbocycles. The van der Waals surface area contributed by atoms with Crippen molar-refractivity contribution in [1.82, 2.24) is 19.2 Å². The molecule has 1 aromatic heterocycles. The van der Waals surface area contributed by atoms with Crippen LogP contribution >= 0.6 is 0 Å². The van der Waals surface area contributed by atoms with Gasteiger partial charge in [0.25, 0.3) is 0 Å². The summed E-state index contributed by atoms with van der Waals surface area (Å²) in [7, 11) is -0.777. The van der Waals surface area contributed by atoms with Crippen LogP contribution in [0.4, 0.5) is 0 Å². The summed E-state index contributed by atoms with van der Waals surface area (Å²) in [5.74, 6) is 0.348. The Hall–Kier alpha value is -2.59. The van der Waals surface area contributed by atoms with Crippen molar-refractivity contribution in [1.29, 1.82) is 0 Å². The fourth-order valence-electron chi connectivity index (χ4n) is 3.54. The van der Waals surface area contributed by atoms with Crippen LogP contribution in [0.5, 0.6) is 11.5 Å². The van der Waals surface area contributed by atoms with E-state index >= 15 is 0 Å². The number of methoxy groups -OCH3 is 2. The molecule has 1 aliphatic rings. The predicted molar refractivity (Wildman–Crippen MR) is 111 cm³/mol. The zero-order valence-corrected chi connectivity index (χ0v) is 18.1. The second kappa shape index (κ2) is 9.94. The van der Waals surface area contributed by atoms with Crippen LogP contribution in [-0.4, -0.2) is 62.0 Å². The number of ether oxygens (including phenoxy) is 2. The Labute approximate surface area is 177 Å². The maximum Gasteiger partial charge on any atom is 0.243 e. The van der Waals surface area contributed by atoms with Gasteiger partial charge in [-0.2, -0.15) is 4.31 Å². The maximum absolute atomic E-state index is 13.1. The number of sulfonamides is 1. The quantitative estimate of drug-likeness (QED) is 0.598. The lowest BCUT2D eigenvalue weighted by Crippen LogP contribution is -2.45. The summed E-state index contributed by atoms with van der Waals surface area (Å²) in [4.78, 5) is 16.7. The van der Waals surface area contributed by atoms with E-state index in [2.05, 4.69) is 10.3 Å². The number of imidazole rings is 1. The molecule has 1 fully saturated rings. The zero-order valence-electron chi connectivity index (χ0n) is 17.3. The molecule has 0 saturated carbocycles. The van der Waals surface area contributed by atoms with E-state index < -0.39 is 10.0 Å². The summed E-state index contributed by atoms with van der Waals surface area (Å²) in [6, 6.07) is 4.52. The highest BCUT2D eigenvalue weighted by atomic mass is 32.2. The molecule has 0 aliphatic carbocycles.